The van der Waals surface area contributed by atoms with Crippen LogP contribution in [0.1, 0.15) is 49.9 Å². The number of nitrogens with one attached hydrogen (secondary N) is 3. The molecule has 1 spiro atoms. The van der Waals surface area contributed by atoms with Crippen molar-refractivity contribution in [1.82, 2.24) is 19.7 Å². The molecule has 208 valence electrons. The maximum absolute atomic E-state index is 12.3. The number of fused-ring (bicyclic) bond motifs is 1. The van der Waals surface area contributed by atoms with Crippen LogP contribution < -0.4 is 16.2 Å². The summed E-state index contributed by atoms with van der Waals surface area (Å²) in [6.45, 7) is 5.69. The molecule has 5 heterocycles. The smallest absolute Gasteiger partial charge is 0.273 e. The van der Waals surface area contributed by atoms with Gasteiger partial charge in [-0.25, -0.2) is 15.0 Å². The van der Waals surface area contributed by atoms with Crippen LogP contribution in [0.2, 0.25) is 0 Å². The number of aliphatic hydroxyl groups excluding tert-OH is 1. The first kappa shape index (κ1) is 26.0. The summed E-state index contributed by atoms with van der Waals surface area (Å²) in [5.41, 5.74) is 2.49. The maximum Gasteiger partial charge on any atom is 0.273 e. The van der Waals surface area contributed by atoms with Crippen molar-refractivity contribution in [3.63, 3.8) is 0 Å². The van der Waals surface area contributed by atoms with Crippen molar-refractivity contribution in [2.75, 3.05) is 37.1 Å². The average molecular weight is 544 g/mol. The lowest BCUT2D eigenvalue weighted by atomic mass is 9.92. The second-order valence-corrected chi connectivity index (χ2v) is 10.5. The molecular weight excluding hydrogens is 510 g/mol. The van der Waals surface area contributed by atoms with Crippen LogP contribution >= 0.6 is 0 Å². The summed E-state index contributed by atoms with van der Waals surface area (Å²) in [5.74, 6) is 1.61. The van der Waals surface area contributed by atoms with Crippen LogP contribution in [0.5, 0.6) is 0 Å². The van der Waals surface area contributed by atoms with Crippen LogP contribution in [-0.4, -0.2) is 62.7 Å². The number of aliphatic hydroxyl groups is 1. The number of ether oxygens (including phenoxy) is 2. The van der Waals surface area contributed by atoms with Gasteiger partial charge >= 0.3 is 0 Å². The van der Waals surface area contributed by atoms with E-state index >= 15 is 0 Å². The minimum absolute atomic E-state index is 0.0424. The third-order valence-electron chi connectivity index (χ3n) is 7.43. The van der Waals surface area contributed by atoms with Crippen molar-refractivity contribution in [3.8, 4) is 0 Å². The van der Waals surface area contributed by atoms with Gasteiger partial charge in [-0.2, -0.15) is 0 Å². The molecule has 3 aromatic heterocycles. The molecular formula is C29H33N7O4. The van der Waals surface area contributed by atoms with E-state index in [1.54, 1.807) is 23.0 Å². The topological polar surface area (TPSA) is 139 Å². The molecule has 0 amide bonds. The number of rotatable bonds is 8. The highest BCUT2D eigenvalue weighted by Crippen LogP contribution is 2.34. The molecule has 2 aliphatic rings. The lowest BCUT2D eigenvalue weighted by Crippen LogP contribution is -2.35. The number of nitrogens with zero attached hydrogens (tertiary/aromatic N) is 4. The van der Waals surface area contributed by atoms with Crippen LogP contribution in [0.25, 0.3) is 11.0 Å². The third-order valence-corrected chi connectivity index (χ3v) is 7.43. The molecule has 4 N–H and O–H groups in total. The Hall–Kier alpha value is -4.22. The second-order valence-electron chi connectivity index (χ2n) is 10.5. The van der Waals surface area contributed by atoms with E-state index in [2.05, 4.69) is 25.7 Å². The van der Waals surface area contributed by atoms with Crippen molar-refractivity contribution in [3.05, 3.63) is 76.2 Å². The Morgan fingerprint density at radius 2 is 1.93 bits per heavy atom. The Morgan fingerprint density at radius 3 is 2.67 bits per heavy atom. The lowest BCUT2D eigenvalue weighted by molar-refractivity contribution is 0.0442. The summed E-state index contributed by atoms with van der Waals surface area (Å²) >= 11 is 0. The van der Waals surface area contributed by atoms with Gasteiger partial charge in [-0.05, 0) is 44.4 Å². The zero-order valence-corrected chi connectivity index (χ0v) is 22.6. The molecule has 0 radical (unpaired) electrons. The summed E-state index contributed by atoms with van der Waals surface area (Å²) < 4.78 is 13.4. The number of pyridine rings is 2. The summed E-state index contributed by atoms with van der Waals surface area (Å²) in [4.78, 5) is 26.7. The number of hydrogen-bond donors (Lipinski definition) is 4. The van der Waals surface area contributed by atoms with E-state index in [9.17, 15) is 9.90 Å². The van der Waals surface area contributed by atoms with E-state index in [-0.39, 0.29) is 29.8 Å². The Labute approximate surface area is 231 Å². The molecule has 40 heavy (non-hydrogen) atoms. The molecule has 0 bridgehead atoms. The third kappa shape index (κ3) is 5.05. The molecule has 1 saturated heterocycles. The molecule has 0 aliphatic carbocycles. The largest absolute Gasteiger partial charge is 0.475 e. The van der Waals surface area contributed by atoms with Gasteiger partial charge in [0.2, 0.25) is 5.90 Å². The maximum atomic E-state index is 12.3. The van der Waals surface area contributed by atoms with Crippen LogP contribution in [0.3, 0.4) is 0 Å². The number of hydrogen-bond acceptors (Lipinski definition) is 9. The standard InChI is InChI=1S/C29H33N7O4/c1-18(2)36-26-20(27(38)35-36)8-9-24(33-26)32-25-14-22(31-23(16-37)19-6-4-3-5-7-19)21(15-30-25)28-34-29(17-40-28)10-12-39-13-11-29/h3-9,14-15,18,23,37H,10-13,16-17H2,1-2H3,(H,35,38)(H2,30,31,32,33)/t23-/m1/s1. The van der Waals surface area contributed by atoms with Crippen molar-refractivity contribution in [1.29, 1.82) is 0 Å². The number of aromatic nitrogens is 4. The zero-order chi connectivity index (χ0) is 27.7. The van der Waals surface area contributed by atoms with Gasteiger partial charge in [-0.3, -0.25) is 14.6 Å². The Morgan fingerprint density at radius 1 is 1.12 bits per heavy atom. The molecule has 0 unspecified atom stereocenters. The molecule has 11 nitrogen and oxygen atoms in total. The number of aromatic amines is 1. The molecule has 2 aliphatic heterocycles. The quantitative estimate of drug-likeness (QED) is 0.262. The molecule has 6 rings (SSSR count). The SMILES string of the molecule is CC(C)n1[nH]c(=O)c2ccc(Nc3cc(N[C@H](CO)c4ccccc4)c(C4=NC5(CCOCC5)CO4)cn3)nc21. The molecule has 11 heteroatoms. The van der Waals surface area contributed by atoms with Gasteiger partial charge in [0.1, 0.15) is 23.8 Å². The van der Waals surface area contributed by atoms with Gasteiger partial charge in [0.05, 0.1) is 29.3 Å². The summed E-state index contributed by atoms with van der Waals surface area (Å²) in [6, 6.07) is 14.8. The number of H-pyrrole nitrogens is 1. The zero-order valence-electron chi connectivity index (χ0n) is 22.6. The minimum atomic E-state index is -0.357. The van der Waals surface area contributed by atoms with Crippen molar-refractivity contribution in [2.45, 2.75) is 44.3 Å². The predicted molar refractivity (Wildman–Crippen MR) is 153 cm³/mol. The monoisotopic (exact) mass is 543 g/mol. The fourth-order valence-corrected chi connectivity index (χ4v) is 5.16. The van der Waals surface area contributed by atoms with E-state index < -0.39 is 0 Å². The molecule has 1 atom stereocenters. The number of benzene rings is 1. The Balaban J connectivity index is 1.36. The van der Waals surface area contributed by atoms with Crippen molar-refractivity contribution in [2.24, 2.45) is 4.99 Å². The summed E-state index contributed by atoms with van der Waals surface area (Å²) in [5, 5.41) is 20.4. The molecule has 1 fully saturated rings. The molecule has 1 aromatic carbocycles. The van der Waals surface area contributed by atoms with Gasteiger partial charge in [0, 0.05) is 31.5 Å². The highest BCUT2D eigenvalue weighted by atomic mass is 16.5. The fourth-order valence-electron chi connectivity index (χ4n) is 5.16. The van der Waals surface area contributed by atoms with E-state index in [0.717, 1.165) is 18.4 Å². The molecule has 4 aromatic rings. The first-order valence-corrected chi connectivity index (χ1v) is 13.6. The van der Waals surface area contributed by atoms with E-state index in [0.29, 0.717) is 59.6 Å². The molecule has 0 saturated carbocycles. The second kappa shape index (κ2) is 10.7. The number of aliphatic imine (C=N–C) groups is 1. The highest BCUT2D eigenvalue weighted by Gasteiger charge is 2.39. The van der Waals surface area contributed by atoms with Gasteiger partial charge in [0.15, 0.2) is 5.65 Å². The summed E-state index contributed by atoms with van der Waals surface area (Å²) in [6.07, 6.45) is 3.34. The van der Waals surface area contributed by atoms with Crippen LogP contribution in [0.15, 0.2) is 64.5 Å². The van der Waals surface area contributed by atoms with Gasteiger partial charge < -0.3 is 25.2 Å². The fraction of sp³-hybridized carbons (Fsp3) is 0.379. The van der Waals surface area contributed by atoms with Gasteiger partial charge in [-0.15, -0.1) is 0 Å². The van der Waals surface area contributed by atoms with Gasteiger partial charge in [-0.1, -0.05) is 30.3 Å². The van der Waals surface area contributed by atoms with Crippen LogP contribution in [0.4, 0.5) is 17.3 Å². The predicted octanol–water partition coefficient (Wildman–Crippen LogP) is 3.92. The summed E-state index contributed by atoms with van der Waals surface area (Å²) in [7, 11) is 0. The lowest BCUT2D eigenvalue weighted by Gasteiger charge is -2.28. The highest BCUT2D eigenvalue weighted by molar-refractivity contribution is 6.01. The first-order chi connectivity index (χ1) is 19.4. The average Bonchev–Trinajstić information content (AvgIpc) is 3.53. The van der Waals surface area contributed by atoms with E-state index in [1.807, 2.05) is 50.2 Å². The normalized spacial score (nSPS) is 17.1. The van der Waals surface area contributed by atoms with E-state index in [1.165, 1.54) is 0 Å². The minimum Gasteiger partial charge on any atom is -0.475 e. The first-order valence-electron chi connectivity index (χ1n) is 13.6. The van der Waals surface area contributed by atoms with Crippen molar-refractivity contribution < 1.29 is 14.6 Å². The van der Waals surface area contributed by atoms with E-state index in [4.69, 9.17) is 14.5 Å². The van der Waals surface area contributed by atoms with Gasteiger partial charge in [0.25, 0.3) is 5.56 Å². The number of anilines is 3. The van der Waals surface area contributed by atoms with Crippen LogP contribution in [-0.2, 0) is 9.47 Å². The Kier molecular flexibility index (Phi) is 6.99. The Bertz CT molecular complexity index is 1590. The van der Waals surface area contributed by atoms with Crippen LogP contribution in [0, 0.1) is 0 Å². The van der Waals surface area contributed by atoms with Crippen molar-refractivity contribution >= 4 is 34.3 Å².